The number of aromatic nitrogens is 1. The Bertz CT molecular complexity index is 1370. The molecule has 4 aromatic rings. The van der Waals surface area contributed by atoms with E-state index in [0.717, 1.165) is 46.9 Å². The number of rotatable bonds is 6. The van der Waals surface area contributed by atoms with Gasteiger partial charge < -0.3 is 10.2 Å². The molecule has 0 saturated carbocycles. The minimum absolute atomic E-state index is 0.0286. The lowest BCUT2D eigenvalue weighted by molar-refractivity contribution is 0.0977. The molecule has 0 aliphatic rings. The number of guanidine groups is 1. The number of aryl methyl sites for hydroxylation is 1. The van der Waals surface area contributed by atoms with Crippen LogP contribution in [0.4, 0.5) is 10.1 Å². The van der Waals surface area contributed by atoms with Crippen LogP contribution in [0.15, 0.2) is 82.6 Å². The predicted octanol–water partition coefficient (Wildman–Crippen LogP) is 6.96. The molecule has 36 heavy (non-hydrogen) atoms. The average Bonchev–Trinajstić information content (AvgIpc) is 3.24. The van der Waals surface area contributed by atoms with E-state index >= 15 is 0 Å². The summed E-state index contributed by atoms with van der Waals surface area (Å²) >= 11 is 0. The van der Waals surface area contributed by atoms with Gasteiger partial charge >= 0.3 is 0 Å². The first-order valence-corrected chi connectivity index (χ1v) is 11.5. The van der Waals surface area contributed by atoms with Crippen molar-refractivity contribution < 1.29 is 13.6 Å². The van der Waals surface area contributed by atoms with Gasteiger partial charge in [-0.05, 0) is 68.3 Å². The van der Waals surface area contributed by atoms with Crippen molar-refractivity contribution in [3.05, 3.63) is 84.5 Å². The van der Waals surface area contributed by atoms with Crippen LogP contribution in [0.25, 0.3) is 21.9 Å². The highest BCUT2D eigenvalue weighted by molar-refractivity contribution is 6.07. The summed E-state index contributed by atoms with van der Waals surface area (Å²) in [5, 5.41) is 4.43. The topological polar surface area (TPSA) is 93.5 Å². The summed E-state index contributed by atoms with van der Waals surface area (Å²) in [5.74, 6) is 0.352. The summed E-state index contributed by atoms with van der Waals surface area (Å²) in [6.45, 7) is 7.14. The monoisotopic (exact) mass is 486 g/mol. The Morgan fingerprint density at radius 2 is 1.92 bits per heavy atom. The molecule has 0 radical (unpaired) electrons. The number of carbonyl (C=O) groups excluding carboxylic acids is 1. The van der Waals surface area contributed by atoms with Gasteiger partial charge in [0.1, 0.15) is 11.3 Å². The van der Waals surface area contributed by atoms with Crippen molar-refractivity contribution in [1.82, 2.24) is 10.3 Å². The van der Waals surface area contributed by atoms with Crippen LogP contribution >= 0.6 is 0 Å². The Kier molecular flexibility index (Phi) is 10.9. The fraction of sp³-hybridized carbons (Fsp3) is 0.207. The van der Waals surface area contributed by atoms with Crippen molar-refractivity contribution in [2.75, 3.05) is 0 Å². The number of carbonyl (C=O) groups is 1. The van der Waals surface area contributed by atoms with E-state index in [9.17, 15) is 9.18 Å². The van der Waals surface area contributed by atoms with E-state index in [1.807, 2.05) is 37.3 Å². The number of allylic oxidation sites excluding steroid dienone is 1. The predicted molar refractivity (Wildman–Crippen MR) is 146 cm³/mol. The highest BCUT2D eigenvalue weighted by Gasteiger charge is 2.09. The van der Waals surface area contributed by atoms with E-state index < -0.39 is 0 Å². The molecule has 6 nitrogen and oxygen atoms in total. The highest BCUT2D eigenvalue weighted by atomic mass is 19.1. The largest absolute Gasteiger partial charge is 0.461 e. The molecule has 0 aliphatic heterocycles. The molecule has 1 amide bonds. The molecule has 2 aromatic heterocycles. The molecule has 3 N–H and O–H groups in total. The zero-order valence-corrected chi connectivity index (χ0v) is 20.6. The van der Waals surface area contributed by atoms with E-state index in [2.05, 4.69) is 41.6 Å². The van der Waals surface area contributed by atoms with Crippen LogP contribution in [0.5, 0.6) is 0 Å². The van der Waals surface area contributed by atoms with E-state index in [1.165, 1.54) is 0 Å². The molecule has 0 saturated heterocycles. The molecule has 7 heteroatoms. The number of nitrogens with two attached hydrogens (primary N) is 1. The number of halogens is 1. The second kappa shape index (κ2) is 14.1. The number of fused-ring (bicyclic) bond motifs is 2. The molecule has 2 aromatic carbocycles. The van der Waals surface area contributed by atoms with E-state index in [-0.39, 0.29) is 17.7 Å². The standard InChI is InChI=1S/C20H16N4O2.C7H13F.C2H2/c1-12-9-15-11-16(5-7-18(15)26-12)23-20(21)24-19(25)14-4-6-17-13(10-14)3-2-8-22-17;1-3-4-5-6-7(2)8;1-2/h2-11H,1H3,(H3,21,23,24,25);2-6H2,1H3;1-2H. The van der Waals surface area contributed by atoms with Crippen molar-refractivity contribution in [1.29, 1.82) is 0 Å². The number of terminal acetylenes is 1. The maximum atomic E-state index is 12.4. The van der Waals surface area contributed by atoms with Crippen LogP contribution in [0.2, 0.25) is 0 Å². The lowest BCUT2D eigenvalue weighted by atomic mass is 10.1. The second-order valence-corrected chi connectivity index (χ2v) is 7.92. The van der Waals surface area contributed by atoms with Crippen molar-refractivity contribution in [2.24, 2.45) is 10.7 Å². The molecule has 0 aliphatic carbocycles. The summed E-state index contributed by atoms with van der Waals surface area (Å²) in [4.78, 5) is 20.9. The normalized spacial score (nSPS) is 10.6. The number of pyridine rings is 1. The van der Waals surface area contributed by atoms with E-state index in [1.54, 1.807) is 30.5 Å². The summed E-state index contributed by atoms with van der Waals surface area (Å²) in [6, 6.07) is 16.4. The molecule has 0 atom stereocenters. The Balaban J connectivity index is 0.000000392. The smallest absolute Gasteiger partial charge is 0.257 e. The number of hydrogen-bond acceptors (Lipinski definition) is 4. The van der Waals surface area contributed by atoms with Crippen LogP contribution in [0.3, 0.4) is 0 Å². The molecule has 0 bridgehead atoms. The van der Waals surface area contributed by atoms with Gasteiger partial charge in [0.2, 0.25) is 5.96 Å². The first-order chi connectivity index (χ1) is 17.4. The fourth-order valence-corrected chi connectivity index (χ4v) is 3.37. The molecule has 0 spiro atoms. The number of unbranched alkanes of at least 4 members (excludes halogenated alkanes) is 2. The van der Waals surface area contributed by atoms with E-state index in [4.69, 9.17) is 10.2 Å². The third kappa shape index (κ3) is 8.41. The van der Waals surface area contributed by atoms with Gasteiger partial charge in [0, 0.05) is 22.5 Å². The zero-order chi connectivity index (χ0) is 26.5. The van der Waals surface area contributed by atoms with Gasteiger partial charge in [0.15, 0.2) is 0 Å². The van der Waals surface area contributed by atoms with Gasteiger partial charge in [-0.1, -0.05) is 32.4 Å². The highest BCUT2D eigenvalue weighted by Crippen LogP contribution is 2.24. The van der Waals surface area contributed by atoms with Crippen LogP contribution in [0, 0.1) is 19.8 Å². The van der Waals surface area contributed by atoms with Crippen LogP contribution in [-0.2, 0) is 0 Å². The number of amides is 1. The van der Waals surface area contributed by atoms with Crippen molar-refractivity contribution >= 4 is 39.4 Å². The Morgan fingerprint density at radius 1 is 1.14 bits per heavy atom. The third-order valence-corrected chi connectivity index (χ3v) is 5.03. The summed E-state index contributed by atoms with van der Waals surface area (Å²) in [6.07, 6.45) is 13.5. The minimum atomic E-state index is -0.322. The Hall–Kier alpha value is -4.44. The SMILES string of the molecule is C#C.C=C(F)CCCCC.Cc1cc2cc(N=C(N)NC(=O)c3ccc4ncccc4c3)ccc2o1. The lowest BCUT2D eigenvalue weighted by Crippen LogP contribution is -2.36. The zero-order valence-electron chi connectivity index (χ0n) is 20.6. The third-order valence-electron chi connectivity index (χ3n) is 5.03. The Labute approximate surface area is 211 Å². The van der Waals surface area contributed by atoms with Crippen LogP contribution in [-0.4, -0.2) is 16.9 Å². The number of benzene rings is 2. The first kappa shape index (κ1) is 27.8. The second-order valence-electron chi connectivity index (χ2n) is 7.92. The minimum Gasteiger partial charge on any atom is -0.461 e. The van der Waals surface area contributed by atoms with Gasteiger partial charge in [-0.2, -0.15) is 0 Å². The fourth-order valence-electron chi connectivity index (χ4n) is 3.37. The van der Waals surface area contributed by atoms with Gasteiger partial charge in [0.25, 0.3) is 5.91 Å². The van der Waals surface area contributed by atoms with Gasteiger partial charge in [-0.25, -0.2) is 9.38 Å². The number of nitrogens with zero attached hydrogens (tertiary/aromatic N) is 2. The molecule has 186 valence electrons. The summed E-state index contributed by atoms with van der Waals surface area (Å²) < 4.78 is 17.4. The van der Waals surface area contributed by atoms with Gasteiger partial charge in [-0.3, -0.25) is 15.1 Å². The first-order valence-electron chi connectivity index (χ1n) is 11.5. The molecule has 0 unspecified atom stereocenters. The number of furan rings is 1. The van der Waals surface area contributed by atoms with Crippen LogP contribution < -0.4 is 11.1 Å². The number of nitrogens with one attached hydrogen (secondary N) is 1. The summed E-state index contributed by atoms with van der Waals surface area (Å²) in [5.41, 5.74) is 8.63. The lowest BCUT2D eigenvalue weighted by Gasteiger charge is -2.05. The summed E-state index contributed by atoms with van der Waals surface area (Å²) in [7, 11) is 0. The molecule has 4 rings (SSSR count). The maximum absolute atomic E-state index is 12.4. The molecular formula is C29H31FN4O2. The van der Waals surface area contributed by atoms with Gasteiger partial charge in [-0.15, -0.1) is 12.8 Å². The maximum Gasteiger partial charge on any atom is 0.257 e. The average molecular weight is 487 g/mol. The number of aliphatic imine (C=N–C) groups is 1. The quantitative estimate of drug-likeness (QED) is 0.133. The van der Waals surface area contributed by atoms with Gasteiger partial charge in [0.05, 0.1) is 17.0 Å². The molecule has 2 heterocycles. The van der Waals surface area contributed by atoms with Crippen molar-refractivity contribution in [2.45, 2.75) is 39.5 Å². The molecule has 0 fully saturated rings. The molecular weight excluding hydrogens is 455 g/mol. The van der Waals surface area contributed by atoms with Crippen molar-refractivity contribution in [3.63, 3.8) is 0 Å². The number of hydrogen-bond donors (Lipinski definition) is 2. The van der Waals surface area contributed by atoms with Crippen molar-refractivity contribution in [3.8, 4) is 12.8 Å². The Morgan fingerprint density at radius 3 is 2.64 bits per heavy atom. The van der Waals surface area contributed by atoms with Crippen LogP contribution in [0.1, 0.15) is 48.7 Å². The van der Waals surface area contributed by atoms with E-state index in [0.29, 0.717) is 17.7 Å².